The predicted molar refractivity (Wildman–Crippen MR) is 65.1 cm³/mol. The summed E-state index contributed by atoms with van der Waals surface area (Å²) in [5.41, 5.74) is 0.0122. The molecule has 0 aromatic carbocycles. The number of alkyl halides is 3. The largest absolute Gasteiger partial charge is 0.389 e. The summed E-state index contributed by atoms with van der Waals surface area (Å²) in [7, 11) is 3.99. The first kappa shape index (κ1) is 16.7. The van der Waals surface area contributed by atoms with Crippen LogP contribution in [-0.4, -0.2) is 43.3 Å². The Balaban J connectivity index is 3.77. The molecule has 1 unspecified atom stereocenters. The summed E-state index contributed by atoms with van der Waals surface area (Å²) in [5.74, 6) is 0. The molecule has 0 aliphatic heterocycles. The minimum absolute atomic E-state index is 0.0122. The van der Waals surface area contributed by atoms with Gasteiger partial charge in [-0.1, -0.05) is 0 Å². The van der Waals surface area contributed by atoms with Crippen molar-refractivity contribution in [1.29, 1.82) is 0 Å². The molecule has 0 aliphatic carbocycles. The molecular weight excluding hydrogens is 229 g/mol. The van der Waals surface area contributed by atoms with Crippen LogP contribution < -0.4 is 5.32 Å². The predicted octanol–water partition coefficient (Wildman–Crippen LogP) is 3.04. The number of hydrogen-bond acceptors (Lipinski definition) is 2. The van der Waals surface area contributed by atoms with Crippen LogP contribution in [0.15, 0.2) is 0 Å². The van der Waals surface area contributed by atoms with Crippen molar-refractivity contribution in [3.63, 3.8) is 0 Å². The Hall–Kier alpha value is -0.290. The van der Waals surface area contributed by atoms with Gasteiger partial charge in [-0.2, -0.15) is 13.2 Å². The quantitative estimate of drug-likeness (QED) is 0.751. The third kappa shape index (κ3) is 8.44. The topological polar surface area (TPSA) is 15.3 Å². The zero-order valence-electron chi connectivity index (χ0n) is 11.5. The van der Waals surface area contributed by atoms with Gasteiger partial charge in [0.1, 0.15) is 0 Å². The number of halogens is 3. The van der Waals surface area contributed by atoms with Crippen LogP contribution in [0, 0.1) is 0 Å². The van der Waals surface area contributed by atoms with Gasteiger partial charge in [-0.15, -0.1) is 0 Å². The van der Waals surface area contributed by atoms with Gasteiger partial charge in [0, 0.05) is 24.5 Å². The van der Waals surface area contributed by atoms with E-state index in [1.165, 1.54) is 0 Å². The molecule has 0 aromatic rings. The highest BCUT2D eigenvalue weighted by atomic mass is 19.4. The fourth-order valence-electron chi connectivity index (χ4n) is 1.29. The number of hydrogen-bond donors (Lipinski definition) is 1. The smallest absolute Gasteiger partial charge is 0.312 e. The van der Waals surface area contributed by atoms with E-state index in [-0.39, 0.29) is 18.0 Å². The van der Waals surface area contributed by atoms with Gasteiger partial charge in [-0.25, -0.2) is 0 Å². The third-order valence-corrected chi connectivity index (χ3v) is 3.19. The van der Waals surface area contributed by atoms with Gasteiger partial charge in [0.05, 0.1) is 0 Å². The third-order valence-electron chi connectivity index (χ3n) is 3.19. The minimum Gasteiger partial charge on any atom is -0.312 e. The van der Waals surface area contributed by atoms with E-state index in [0.717, 1.165) is 6.54 Å². The average Bonchev–Trinajstić information content (AvgIpc) is 2.12. The maximum atomic E-state index is 12.0. The zero-order chi connectivity index (χ0) is 13.7. The van der Waals surface area contributed by atoms with Crippen LogP contribution in [0.2, 0.25) is 0 Å². The normalized spacial score (nSPS) is 15.4. The summed E-state index contributed by atoms with van der Waals surface area (Å²) in [4.78, 5) is 2.10. The van der Waals surface area contributed by atoms with Crippen molar-refractivity contribution in [3.05, 3.63) is 0 Å². The molecule has 0 radical (unpaired) electrons. The Bertz CT molecular complexity index is 212. The second-order valence-corrected chi connectivity index (χ2v) is 5.50. The van der Waals surface area contributed by atoms with Gasteiger partial charge >= 0.3 is 6.18 Å². The summed E-state index contributed by atoms with van der Waals surface area (Å²) in [5, 5.41) is 3.28. The van der Waals surface area contributed by atoms with Crippen LogP contribution in [0.1, 0.15) is 40.0 Å². The molecule has 0 rings (SSSR count). The van der Waals surface area contributed by atoms with Crippen LogP contribution in [0.3, 0.4) is 0 Å². The molecule has 2 nitrogen and oxygen atoms in total. The SMILES string of the molecule is CC(CCCC(F)(F)F)NCC(C)(C)N(C)C. The Kier molecular flexibility index (Phi) is 6.48. The van der Waals surface area contributed by atoms with Gasteiger partial charge < -0.3 is 10.2 Å². The van der Waals surface area contributed by atoms with E-state index in [0.29, 0.717) is 6.42 Å². The van der Waals surface area contributed by atoms with E-state index in [9.17, 15) is 13.2 Å². The molecular formula is C12H25F3N2. The summed E-state index contributed by atoms with van der Waals surface area (Å²) >= 11 is 0. The van der Waals surface area contributed by atoms with Crippen LogP contribution >= 0.6 is 0 Å². The van der Waals surface area contributed by atoms with Gasteiger partial charge in [-0.05, 0) is 47.7 Å². The van der Waals surface area contributed by atoms with Crippen molar-refractivity contribution in [2.75, 3.05) is 20.6 Å². The first-order valence-corrected chi connectivity index (χ1v) is 6.02. The molecule has 0 bridgehead atoms. The van der Waals surface area contributed by atoms with Crippen molar-refractivity contribution in [2.45, 2.75) is 57.8 Å². The summed E-state index contributed by atoms with van der Waals surface area (Å²) in [6.07, 6.45) is -3.96. The number of likely N-dealkylation sites (N-methyl/N-ethyl adjacent to an activating group) is 1. The van der Waals surface area contributed by atoms with Crippen LogP contribution in [-0.2, 0) is 0 Å². The minimum atomic E-state index is -4.03. The first-order chi connectivity index (χ1) is 7.54. The van der Waals surface area contributed by atoms with Gasteiger partial charge in [-0.3, -0.25) is 0 Å². The monoisotopic (exact) mass is 254 g/mol. The fraction of sp³-hybridized carbons (Fsp3) is 1.00. The molecule has 104 valence electrons. The summed E-state index contributed by atoms with van der Waals surface area (Å²) < 4.78 is 35.9. The van der Waals surface area contributed by atoms with Gasteiger partial charge in [0.25, 0.3) is 0 Å². The van der Waals surface area contributed by atoms with Crippen LogP contribution in [0.25, 0.3) is 0 Å². The molecule has 0 fully saturated rings. The summed E-state index contributed by atoms with van der Waals surface area (Å²) in [6.45, 7) is 6.90. The van der Waals surface area contributed by atoms with E-state index in [2.05, 4.69) is 24.1 Å². The van der Waals surface area contributed by atoms with Crippen molar-refractivity contribution < 1.29 is 13.2 Å². The Morgan fingerprint density at radius 3 is 2.12 bits per heavy atom. The van der Waals surface area contributed by atoms with Gasteiger partial charge in [0.2, 0.25) is 0 Å². The van der Waals surface area contributed by atoms with Crippen molar-refractivity contribution >= 4 is 0 Å². The molecule has 0 aromatic heterocycles. The standard InChI is InChI=1S/C12H25F3N2/c1-10(7-6-8-12(13,14)15)16-9-11(2,3)17(4)5/h10,16H,6-9H2,1-5H3. The lowest BCUT2D eigenvalue weighted by molar-refractivity contribution is -0.135. The second-order valence-electron chi connectivity index (χ2n) is 5.50. The Morgan fingerprint density at radius 1 is 1.18 bits per heavy atom. The lowest BCUT2D eigenvalue weighted by atomic mass is 10.0. The van der Waals surface area contributed by atoms with Gasteiger partial charge in [0.15, 0.2) is 0 Å². The number of nitrogens with zero attached hydrogens (tertiary/aromatic N) is 1. The maximum absolute atomic E-state index is 12.0. The lowest BCUT2D eigenvalue weighted by Gasteiger charge is -2.34. The molecule has 0 saturated carbocycles. The van der Waals surface area contributed by atoms with E-state index in [1.807, 2.05) is 21.0 Å². The fourth-order valence-corrected chi connectivity index (χ4v) is 1.29. The lowest BCUT2D eigenvalue weighted by Crippen LogP contribution is -2.48. The van der Waals surface area contributed by atoms with Crippen molar-refractivity contribution in [3.8, 4) is 0 Å². The number of rotatable bonds is 7. The molecule has 0 amide bonds. The highest BCUT2D eigenvalue weighted by Crippen LogP contribution is 2.22. The molecule has 0 aliphatic rings. The molecule has 0 saturated heterocycles. The first-order valence-electron chi connectivity index (χ1n) is 6.02. The molecule has 1 N–H and O–H groups in total. The molecule has 0 heterocycles. The zero-order valence-corrected chi connectivity index (χ0v) is 11.5. The summed E-state index contributed by atoms with van der Waals surface area (Å²) in [6, 6.07) is 0.122. The molecule has 5 heteroatoms. The second kappa shape index (κ2) is 6.59. The van der Waals surface area contributed by atoms with E-state index < -0.39 is 12.6 Å². The van der Waals surface area contributed by atoms with E-state index >= 15 is 0 Å². The van der Waals surface area contributed by atoms with E-state index in [1.54, 1.807) is 0 Å². The molecule has 17 heavy (non-hydrogen) atoms. The Morgan fingerprint density at radius 2 is 1.71 bits per heavy atom. The average molecular weight is 254 g/mol. The Labute approximate surface area is 103 Å². The van der Waals surface area contributed by atoms with Crippen LogP contribution in [0.5, 0.6) is 0 Å². The number of nitrogens with one attached hydrogen (secondary N) is 1. The van der Waals surface area contributed by atoms with Crippen LogP contribution in [0.4, 0.5) is 13.2 Å². The van der Waals surface area contributed by atoms with E-state index in [4.69, 9.17) is 0 Å². The maximum Gasteiger partial charge on any atom is 0.389 e. The van der Waals surface area contributed by atoms with Crippen molar-refractivity contribution in [2.24, 2.45) is 0 Å². The van der Waals surface area contributed by atoms with Crippen molar-refractivity contribution in [1.82, 2.24) is 10.2 Å². The highest BCUT2D eigenvalue weighted by molar-refractivity contribution is 4.81. The molecule has 0 spiro atoms. The highest BCUT2D eigenvalue weighted by Gasteiger charge is 2.26. The molecule has 1 atom stereocenters.